The molecule has 0 spiro atoms. The third-order valence-corrected chi connectivity index (χ3v) is 5.82. The zero-order chi connectivity index (χ0) is 19.7. The first-order valence-corrected chi connectivity index (χ1v) is 9.86. The van der Waals surface area contributed by atoms with Gasteiger partial charge in [-0.2, -0.15) is 0 Å². The molecule has 1 N–H and O–H groups in total. The Bertz CT molecular complexity index is 1150. The van der Waals surface area contributed by atoms with Crippen molar-refractivity contribution in [2.75, 3.05) is 12.4 Å². The normalized spacial score (nSPS) is 10.8. The first-order chi connectivity index (χ1) is 13.6. The number of amides is 1. The molecule has 0 radical (unpaired) electrons. The molecule has 4 aromatic rings. The zero-order valence-corrected chi connectivity index (χ0v) is 16.9. The van der Waals surface area contributed by atoms with Crippen LogP contribution in [0.4, 0.5) is 5.69 Å². The van der Waals surface area contributed by atoms with Gasteiger partial charge in [-0.1, -0.05) is 35.9 Å². The number of carbonyl (C=O) groups excluding carboxylic acids is 1. The summed E-state index contributed by atoms with van der Waals surface area (Å²) in [5.74, 6) is 0.200. The van der Waals surface area contributed by atoms with Crippen LogP contribution >= 0.6 is 22.9 Å². The van der Waals surface area contributed by atoms with Gasteiger partial charge in [0.25, 0.3) is 5.91 Å². The van der Waals surface area contributed by atoms with Gasteiger partial charge in [0, 0.05) is 16.3 Å². The van der Waals surface area contributed by atoms with E-state index in [2.05, 4.69) is 11.4 Å². The number of halogens is 1. The number of methoxy groups -OCH3 is 1. The topological polar surface area (TPSA) is 51.2 Å². The highest BCUT2D eigenvalue weighted by Gasteiger charge is 2.16. The molecule has 28 heavy (non-hydrogen) atoms. The Morgan fingerprint density at radius 1 is 1.11 bits per heavy atom. The lowest BCUT2D eigenvalue weighted by Crippen LogP contribution is -2.14. The Balaban J connectivity index is 1.69. The summed E-state index contributed by atoms with van der Waals surface area (Å²) in [4.78, 5) is 17.6. The highest BCUT2D eigenvalue weighted by atomic mass is 35.5. The van der Waals surface area contributed by atoms with E-state index < -0.39 is 0 Å². The van der Waals surface area contributed by atoms with Crippen LogP contribution in [-0.2, 0) is 0 Å². The molecular formula is C22H17ClN2O2S. The fourth-order valence-electron chi connectivity index (χ4n) is 3.04. The summed E-state index contributed by atoms with van der Waals surface area (Å²) in [5, 5.41) is 4.38. The first-order valence-electron chi connectivity index (χ1n) is 8.67. The number of para-hydroxylation sites is 1. The molecule has 0 atom stereocenters. The molecular weight excluding hydrogens is 392 g/mol. The van der Waals surface area contributed by atoms with Crippen molar-refractivity contribution in [3.63, 3.8) is 0 Å². The molecule has 0 unspecified atom stereocenters. The molecule has 1 heterocycles. The molecule has 0 bridgehead atoms. The van der Waals surface area contributed by atoms with E-state index in [-0.39, 0.29) is 5.91 Å². The summed E-state index contributed by atoms with van der Waals surface area (Å²) in [7, 11) is 1.53. The molecule has 3 aromatic carbocycles. The maximum Gasteiger partial charge on any atom is 0.259 e. The quantitative estimate of drug-likeness (QED) is 0.438. The van der Waals surface area contributed by atoms with Crippen LogP contribution in [0.1, 0.15) is 15.9 Å². The number of benzene rings is 3. The smallest absolute Gasteiger partial charge is 0.259 e. The summed E-state index contributed by atoms with van der Waals surface area (Å²) in [6.45, 7) is 1.98. The molecule has 0 aliphatic rings. The zero-order valence-electron chi connectivity index (χ0n) is 15.3. The molecule has 1 amide bonds. The van der Waals surface area contributed by atoms with Crippen LogP contribution in [0.2, 0.25) is 5.02 Å². The highest BCUT2D eigenvalue weighted by molar-refractivity contribution is 7.21. The first kappa shape index (κ1) is 18.5. The van der Waals surface area contributed by atoms with Gasteiger partial charge in [0.15, 0.2) is 0 Å². The van der Waals surface area contributed by atoms with E-state index in [4.69, 9.17) is 21.3 Å². The van der Waals surface area contributed by atoms with E-state index in [0.717, 1.165) is 32.0 Å². The minimum Gasteiger partial charge on any atom is -0.496 e. The van der Waals surface area contributed by atoms with Crippen molar-refractivity contribution in [1.29, 1.82) is 0 Å². The van der Waals surface area contributed by atoms with Gasteiger partial charge in [0.1, 0.15) is 10.8 Å². The van der Waals surface area contributed by atoms with Crippen molar-refractivity contribution >= 4 is 44.7 Å². The molecule has 140 valence electrons. The van der Waals surface area contributed by atoms with Gasteiger partial charge in [-0.15, -0.1) is 11.3 Å². The predicted octanol–water partition coefficient (Wildman–Crippen LogP) is 6.19. The molecule has 0 saturated heterocycles. The third kappa shape index (κ3) is 3.46. The second-order valence-electron chi connectivity index (χ2n) is 6.26. The van der Waals surface area contributed by atoms with E-state index in [9.17, 15) is 4.79 Å². The summed E-state index contributed by atoms with van der Waals surface area (Å²) in [6.07, 6.45) is 0. The number of thiazole rings is 1. The van der Waals surface area contributed by atoms with Crippen LogP contribution in [0.15, 0.2) is 60.7 Å². The molecule has 0 aliphatic heterocycles. The molecule has 4 nitrogen and oxygen atoms in total. The maximum absolute atomic E-state index is 12.8. The average molecular weight is 409 g/mol. The Morgan fingerprint density at radius 2 is 1.93 bits per heavy atom. The van der Waals surface area contributed by atoms with Crippen LogP contribution in [0.3, 0.4) is 0 Å². The fourth-order valence-corrected chi connectivity index (χ4v) is 4.26. The lowest BCUT2D eigenvalue weighted by atomic mass is 10.1. The number of aromatic nitrogens is 1. The van der Waals surface area contributed by atoms with Gasteiger partial charge in [0.2, 0.25) is 0 Å². The van der Waals surface area contributed by atoms with Crippen LogP contribution in [-0.4, -0.2) is 18.0 Å². The number of rotatable bonds is 4. The summed E-state index contributed by atoms with van der Waals surface area (Å²) in [5.41, 5.74) is 4.04. The van der Waals surface area contributed by atoms with Crippen LogP contribution in [0, 0.1) is 6.92 Å². The minimum absolute atomic E-state index is 0.274. The molecule has 1 aromatic heterocycles. The highest BCUT2D eigenvalue weighted by Crippen LogP contribution is 2.34. The lowest BCUT2D eigenvalue weighted by molar-refractivity contribution is 0.102. The number of anilines is 1. The molecule has 4 rings (SSSR count). The van der Waals surface area contributed by atoms with Crippen molar-refractivity contribution in [2.24, 2.45) is 0 Å². The number of nitrogens with zero attached hydrogens (tertiary/aromatic N) is 1. The Labute approximate surface area is 171 Å². The van der Waals surface area contributed by atoms with Crippen molar-refractivity contribution in [3.8, 4) is 16.3 Å². The van der Waals surface area contributed by atoms with Crippen molar-refractivity contribution < 1.29 is 9.53 Å². The Hall–Kier alpha value is -2.89. The lowest BCUT2D eigenvalue weighted by Gasteiger charge is -2.13. The predicted molar refractivity (Wildman–Crippen MR) is 116 cm³/mol. The second kappa shape index (κ2) is 7.62. The summed E-state index contributed by atoms with van der Waals surface area (Å²) >= 11 is 7.69. The number of hydrogen-bond acceptors (Lipinski definition) is 4. The number of carbonyl (C=O) groups is 1. The van der Waals surface area contributed by atoms with E-state index in [1.165, 1.54) is 7.11 Å². The van der Waals surface area contributed by atoms with Gasteiger partial charge in [-0.05, 0) is 48.9 Å². The van der Waals surface area contributed by atoms with E-state index >= 15 is 0 Å². The van der Waals surface area contributed by atoms with Crippen LogP contribution < -0.4 is 10.1 Å². The minimum atomic E-state index is -0.274. The van der Waals surface area contributed by atoms with Gasteiger partial charge in [0.05, 0.1) is 22.9 Å². The van der Waals surface area contributed by atoms with Gasteiger partial charge < -0.3 is 10.1 Å². The third-order valence-electron chi connectivity index (χ3n) is 4.51. The average Bonchev–Trinajstić information content (AvgIpc) is 3.13. The van der Waals surface area contributed by atoms with Crippen molar-refractivity contribution in [1.82, 2.24) is 4.98 Å². The second-order valence-corrected chi connectivity index (χ2v) is 7.73. The molecule has 0 saturated carbocycles. The van der Waals surface area contributed by atoms with Crippen molar-refractivity contribution in [2.45, 2.75) is 6.92 Å². The Morgan fingerprint density at radius 3 is 2.71 bits per heavy atom. The van der Waals surface area contributed by atoms with E-state index in [0.29, 0.717) is 16.3 Å². The van der Waals surface area contributed by atoms with Gasteiger partial charge in [-0.3, -0.25) is 4.79 Å². The van der Waals surface area contributed by atoms with Gasteiger partial charge >= 0.3 is 0 Å². The number of fused-ring (bicyclic) bond motifs is 1. The van der Waals surface area contributed by atoms with Crippen LogP contribution in [0.5, 0.6) is 5.75 Å². The summed E-state index contributed by atoms with van der Waals surface area (Å²) < 4.78 is 6.42. The fraction of sp³-hybridized carbons (Fsp3) is 0.0909. The van der Waals surface area contributed by atoms with Gasteiger partial charge in [-0.25, -0.2) is 4.98 Å². The number of ether oxygens (including phenoxy) is 1. The molecule has 0 fully saturated rings. The standard InChI is InChI=1S/C22H17ClN2O2S/c1-13-15(22-25-18-7-3-4-9-20(18)28-22)6-5-8-17(13)24-21(26)16-12-14(23)10-11-19(16)27-2/h3-12H,1-2H3,(H,24,26). The molecule has 6 heteroatoms. The summed E-state index contributed by atoms with van der Waals surface area (Å²) in [6, 6.07) is 18.8. The van der Waals surface area contributed by atoms with Crippen LogP contribution in [0.25, 0.3) is 20.8 Å². The van der Waals surface area contributed by atoms with E-state index in [1.54, 1.807) is 29.5 Å². The van der Waals surface area contributed by atoms with E-state index in [1.807, 2.05) is 43.3 Å². The monoisotopic (exact) mass is 408 g/mol. The maximum atomic E-state index is 12.8. The van der Waals surface area contributed by atoms with Crippen molar-refractivity contribution in [3.05, 3.63) is 76.8 Å². The number of nitrogens with one attached hydrogen (secondary N) is 1. The Kier molecular flexibility index (Phi) is 5.03. The SMILES string of the molecule is COc1ccc(Cl)cc1C(=O)Nc1cccc(-c2nc3ccccc3s2)c1C. The largest absolute Gasteiger partial charge is 0.496 e. The number of hydrogen-bond donors (Lipinski definition) is 1. The molecule has 0 aliphatic carbocycles.